The molecule has 0 amide bonds. The van der Waals surface area contributed by atoms with Gasteiger partial charge in [0.25, 0.3) is 0 Å². The average molecular weight is 204 g/mol. The van der Waals surface area contributed by atoms with E-state index in [0.29, 0.717) is 5.57 Å². The molecule has 0 saturated carbocycles. The fourth-order valence-corrected chi connectivity index (χ4v) is 0.904. The number of hydrogen-bond donors (Lipinski definition) is 0. The van der Waals surface area contributed by atoms with E-state index >= 15 is 0 Å². The summed E-state index contributed by atoms with van der Waals surface area (Å²) in [5, 5.41) is 0. The number of halogens is 3. The standard InChI is InChI=1S/C11H15F3/c1-5-9(4)6-7-10(8(2)3)11(12,13)14/h5-8H,1H2,2-4H3/b9-6-,10-7+. The molecule has 0 aromatic rings. The number of allylic oxidation sites excluding steroid dienone is 5. The summed E-state index contributed by atoms with van der Waals surface area (Å²) in [4.78, 5) is 0. The Hall–Kier alpha value is -0.990. The normalized spacial score (nSPS) is 14.8. The minimum absolute atomic E-state index is 0.515. The van der Waals surface area contributed by atoms with Crippen molar-refractivity contribution in [2.45, 2.75) is 26.9 Å². The third kappa shape index (κ3) is 4.30. The van der Waals surface area contributed by atoms with Crippen LogP contribution >= 0.6 is 0 Å². The van der Waals surface area contributed by atoms with E-state index in [1.807, 2.05) is 0 Å². The molecule has 0 spiro atoms. The molecular formula is C11H15F3. The molecule has 0 fully saturated rings. The van der Waals surface area contributed by atoms with E-state index in [0.717, 1.165) is 6.08 Å². The van der Waals surface area contributed by atoms with Crippen LogP contribution in [0.15, 0.2) is 36.0 Å². The van der Waals surface area contributed by atoms with E-state index in [4.69, 9.17) is 0 Å². The van der Waals surface area contributed by atoms with Crippen LogP contribution in [0.3, 0.4) is 0 Å². The molecule has 0 aromatic carbocycles. The van der Waals surface area contributed by atoms with Gasteiger partial charge in [-0.25, -0.2) is 0 Å². The van der Waals surface area contributed by atoms with Crippen molar-refractivity contribution in [3.8, 4) is 0 Å². The Bertz CT molecular complexity index is 254. The minimum Gasteiger partial charge on any atom is -0.166 e. The van der Waals surface area contributed by atoms with E-state index in [1.165, 1.54) is 26.0 Å². The van der Waals surface area contributed by atoms with E-state index in [2.05, 4.69) is 6.58 Å². The predicted octanol–water partition coefficient (Wildman–Crippen LogP) is 4.26. The van der Waals surface area contributed by atoms with Crippen LogP contribution in [0.5, 0.6) is 0 Å². The molecule has 0 heterocycles. The average Bonchev–Trinajstić information content (AvgIpc) is 2.01. The first-order valence-corrected chi connectivity index (χ1v) is 4.37. The van der Waals surface area contributed by atoms with Crippen molar-refractivity contribution in [3.63, 3.8) is 0 Å². The zero-order valence-corrected chi connectivity index (χ0v) is 8.65. The van der Waals surface area contributed by atoms with Gasteiger partial charge >= 0.3 is 6.18 Å². The van der Waals surface area contributed by atoms with Gasteiger partial charge in [-0.1, -0.05) is 44.2 Å². The van der Waals surface area contributed by atoms with Crippen LogP contribution in [0.4, 0.5) is 13.2 Å². The van der Waals surface area contributed by atoms with Crippen LogP contribution in [0.1, 0.15) is 20.8 Å². The Labute approximate surface area is 82.8 Å². The topological polar surface area (TPSA) is 0 Å². The Morgan fingerprint density at radius 3 is 2.00 bits per heavy atom. The summed E-state index contributed by atoms with van der Waals surface area (Å²) >= 11 is 0. The third-order valence-corrected chi connectivity index (χ3v) is 1.80. The van der Waals surface area contributed by atoms with Gasteiger partial charge in [-0.05, 0) is 12.8 Å². The second kappa shape index (κ2) is 5.03. The van der Waals surface area contributed by atoms with Gasteiger partial charge in [0.2, 0.25) is 0 Å². The van der Waals surface area contributed by atoms with E-state index in [9.17, 15) is 13.2 Å². The summed E-state index contributed by atoms with van der Waals surface area (Å²) in [6.07, 6.45) is -0.186. The molecule has 14 heavy (non-hydrogen) atoms. The van der Waals surface area contributed by atoms with E-state index < -0.39 is 17.7 Å². The van der Waals surface area contributed by atoms with Gasteiger partial charge in [0.15, 0.2) is 0 Å². The SMILES string of the molecule is C=C/C(C)=C\C=C(/C(C)C)C(F)(F)F. The zero-order chi connectivity index (χ0) is 11.4. The number of alkyl halides is 3. The Balaban J connectivity index is 4.94. The quantitative estimate of drug-likeness (QED) is 0.602. The second-order valence-electron chi connectivity index (χ2n) is 3.39. The summed E-state index contributed by atoms with van der Waals surface area (Å²) < 4.78 is 37.2. The van der Waals surface area contributed by atoms with E-state index in [-0.39, 0.29) is 0 Å². The lowest BCUT2D eigenvalue weighted by atomic mass is 10.0. The molecular weight excluding hydrogens is 189 g/mol. The lowest BCUT2D eigenvalue weighted by Gasteiger charge is -2.14. The van der Waals surface area contributed by atoms with Gasteiger partial charge in [-0.2, -0.15) is 13.2 Å². The molecule has 3 heteroatoms. The van der Waals surface area contributed by atoms with Crippen molar-refractivity contribution in [1.82, 2.24) is 0 Å². The number of hydrogen-bond acceptors (Lipinski definition) is 0. The first-order valence-electron chi connectivity index (χ1n) is 4.37. The second-order valence-corrected chi connectivity index (χ2v) is 3.39. The lowest BCUT2D eigenvalue weighted by Crippen LogP contribution is -2.16. The van der Waals surface area contributed by atoms with Crippen molar-refractivity contribution in [2.24, 2.45) is 5.92 Å². The van der Waals surface area contributed by atoms with Gasteiger partial charge in [0.1, 0.15) is 0 Å². The fourth-order valence-electron chi connectivity index (χ4n) is 0.904. The van der Waals surface area contributed by atoms with Gasteiger partial charge < -0.3 is 0 Å². The van der Waals surface area contributed by atoms with Gasteiger partial charge in [-0.3, -0.25) is 0 Å². The van der Waals surface area contributed by atoms with Crippen molar-refractivity contribution >= 4 is 0 Å². The van der Waals surface area contributed by atoms with Gasteiger partial charge in [-0.15, -0.1) is 0 Å². The Kier molecular flexibility index (Phi) is 4.68. The minimum atomic E-state index is -4.24. The highest BCUT2D eigenvalue weighted by molar-refractivity contribution is 5.25. The van der Waals surface area contributed by atoms with Crippen molar-refractivity contribution in [3.05, 3.63) is 36.0 Å². The lowest BCUT2D eigenvalue weighted by molar-refractivity contribution is -0.0976. The molecule has 0 aliphatic heterocycles. The van der Waals surface area contributed by atoms with E-state index in [1.54, 1.807) is 6.92 Å². The van der Waals surface area contributed by atoms with Crippen molar-refractivity contribution in [2.75, 3.05) is 0 Å². The summed E-state index contributed by atoms with van der Waals surface area (Å²) in [5.74, 6) is -0.524. The molecule has 0 saturated heterocycles. The van der Waals surface area contributed by atoms with Crippen LogP contribution in [-0.4, -0.2) is 6.18 Å². The number of rotatable bonds is 3. The smallest absolute Gasteiger partial charge is 0.166 e. The largest absolute Gasteiger partial charge is 0.412 e. The monoisotopic (exact) mass is 204 g/mol. The molecule has 0 aliphatic carbocycles. The Morgan fingerprint density at radius 1 is 1.21 bits per heavy atom. The van der Waals surface area contributed by atoms with Crippen LogP contribution in [-0.2, 0) is 0 Å². The maximum atomic E-state index is 12.4. The van der Waals surface area contributed by atoms with Gasteiger partial charge in [0.05, 0.1) is 0 Å². The zero-order valence-electron chi connectivity index (χ0n) is 8.65. The molecule has 0 radical (unpaired) electrons. The maximum absolute atomic E-state index is 12.4. The van der Waals surface area contributed by atoms with Crippen LogP contribution in [0, 0.1) is 5.92 Å². The summed E-state index contributed by atoms with van der Waals surface area (Å²) in [6, 6.07) is 0. The molecule has 80 valence electrons. The van der Waals surface area contributed by atoms with Crippen LogP contribution in [0.2, 0.25) is 0 Å². The molecule has 0 aromatic heterocycles. The molecule has 0 bridgehead atoms. The molecule has 0 rings (SSSR count). The molecule has 0 atom stereocenters. The van der Waals surface area contributed by atoms with Crippen molar-refractivity contribution in [1.29, 1.82) is 0 Å². The Morgan fingerprint density at radius 2 is 1.71 bits per heavy atom. The van der Waals surface area contributed by atoms with Crippen molar-refractivity contribution < 1.29 is 13.2 Å². The first kappa shape index (κ1) is 13.0. The predicted molar refractivity (Wildman–Crippen MR) is 52.9 cm³/mol. The van der Waals surface area contributed by atoms with Crippen LogP contribution in [0.25, 0.3) is 0 Å². The molecule has 0 N–H and O–H groups in total. The molecule has 0 nitrogen and oxygen atoms in total. The highest BCUT2D eigenvalue weighted by atomic mass is 19.4. The molecule has 0 unspecified atom stereocenters. The fraction of sp³-hybridized carbons (Fsp3) is 0.455. The summed E-state index contributed by atoms with van der Waals surface area (Å²) in [7, 11) is 0. The molecule has 0 aliphatic rings. The highest BCUT2D eigenvalue weighted by Crippen LogP contribution is 2.31. The van der Waals surface area contributed by atoms with Gasteiger partial charge in [0, 0.05) is 5.57 Å². The first-order chi connectivity index (χ1) is 6.29. The maximum Gasteiger partial charge on any atom is 0.412 e. The summed E-state index contributed by atoms with van der Waals surface area (Å²) in [5.41, 5.74) is 0.200. The van der Waals surface area contributed by atoms with Crippen LogP contribution < -0.4 is 0 Å². The summed E-state index contributed by atoms with van der Waals surface area (Å²) in [6.45, 7) is 8.22. The third-order valence-electron chi connectivity index (χ3n) is 1.80. The highest BCUT2D eigenvalue weighted by Gasteiger charge is 2.34.